The Morgan fingerprint density at radius 1 is 1.35 bits per heavy atom. The van der Waals surface area contributed by atoms with Gasteiger partial charge in [0, 0.05) is 30.8 Å². The number of amides is 2. The average molecular weight is 296 g/mol. The fraction of sp³-hybridized carbons (Fsp3) is 0.385. The van der Waals surface area contributed by atoms with Crippen LogP contribution >= 0.6 is 11.8 Å². The highest BCUT2D eigenvalue weighted by molar-refractivity contribution is 7.99. The number of thioether (sulfide) groups is 1. The Morgan fingerprint density at radius 3 is 2.60 bits per heavy atom. The van der Waals surface area contributed by atoms with Crippen molar-refractivity contribution in [3.8, 4) is 5.75 Å². The number of aromatic hydroxyl groups is 1. The van der Waals surface area contributed by atoms with E-state index < -0.39 is 12.0 Å². The van der Waals surface area contributed by atoms with Crippen molar-refractivity contribution in [1.82, 2.24) is 4.90 Å². The normalized spacial score (nSPS) is 18.6. The number of carboxylic acid groups (broad SMARTS) is 1. The Hall–Kier alpha value is -1.89. The van der Waals surface area contributed by atoms with Crippen LogP contribution in [0.15, 0.2) is 24.3 Å². The number of rotatable bonds is 2. The molecule has 1 saturated heterocycles. The number of carboxylic acids is 1. The first-order valence-electron chi connectivity index (χ1n) is 6.14. The molecule has 0 aromatic heterocycles. The molecular formula is C13H16N2O4S. The highest BCUT2D eigenvalue weighted by atomic mass is 32.2. The Bertz CT molecular complexity index is 506. The number of urea groups is 1. The van der Waals surface area contributed by atoms with Crippen molar-refractivity contribution in [2.24, 2.45) is 0 Å². The number of benzene rings is 1. The molecule has 2 N–H and O–H groups in total. The number of anilines is 1. The second-order valence-electron chi connectivity index (χ2n) is 4.48. The fourth-order valence-corrected chi connectivity index (χ4v) is 3.05. The number of aliphatic carboxylic acids is 1. The molecule has 1 fully saturated rings. The van der Waals surface area contributed by atoms with Crippen LogP contribution in [0.1, 0.15) is 0 Å². The third kappa shape index (κ3) is 2.98. The van der Waals surface area contributed by atoms with E-state index in [1.807, 2.05) is 0 Å². The van der Waals surface area contributed by atoms with Gasteiger partial charge in [-0.1, -0.05) is 0 Å². The smallest absolute Gasteiger partial charge is 0.327 e. The molecule has 2 amide bonds. The molecule has 0 spiro atoms. The van der Waals surface area contributed by atoms with Gasteiger partial charge in [0.05, 0.1) is 0 Å². The number of phenols is 1. The lowest BCUT2D eigenvalue weighted by atomic mass is 10.2. The first-order valence-corrected chi connectivity index (χ1v) is 7.30. The van der Waals surface area contributed by atoms with Gasteiger partial charge in [-0.05, 0) is 24.3 Å². The standard InChI is InChI=1S/C13H16N2O4S/c1-14(9-2-4-10(16)5-3-9)13(19)15-6-7-20-8-11(15)12(17)18/h2-5,11,16H,6-8H2,1H3,(H,17,18). The van der Waals surface area contributed by atoms with Crippen molar-refractivity contribution in [1.29, 1.82) is 0 Å². The summed E-state index contributed by atoms with van der Waals surface area (Å²) < 4.78 is 0. The first kappa shape index (κ1) is 14.5. The predicted molar refractivity (Wildman–Crippen MR) is 77.4 cm³/mol. The molecule has 0 radical (unpaired) electrons. The van der Waals surface area contributed by atoms with Gasteiger partial charge in [0.15, 0.2) is 0 Å². The number of phenolic OH excluding ortho intramolecular Hbond substituents is 1. The van der Waals surface area contributed by atoms with Gasteiger partial charge >= 0.3 is 12.0 Å². The topological polar surface area (TPSA) is 81.1 Å². The maximum atomic E-state index is 12.4. The van der Waals surface area contributed by atoms with E-state index >= 15 is 0 Å². The Labute approximate surface area is 121 Å². The van der Waals surface area contributed by atoms with Gasteiger partial charge in [0.2, 0.25) is 0 Å². The molecule has 1 aliphatic heterocycles. The molecule has 1 aromatic carbocycles. The zero-order valence-electron chi connectivity index (χ0n) is 11.0. The highest BCUT2D eigenvalue weighted by Gasteiger charge is 2.34. The van der Waals surface area contributed by atoms with Crippen LogP contribution in [0.4, 0.5) is 10.5 Å². The van der Waals surface area contributed by atoms with Crippen LogP contribution in [-0.2, 0) is 4.79 Å². The summed E-state index contributed by atoms with van der Waals surface area (Å²) >= 11 is 1.54. The van der Waals surface area contributed by atoms with Crippen LogP contribution in [0.2, 0.25) is 0 Å². The molecule has 1 heterocycles. The molecule has 6 nitrogen and oxygen atoms in total. The number of carbonyl (C=O) groups is 2. The van der Waals surface area contributed by atoms with Crippen LogP contribution in [0.25, 0.3) is 0 Å². The van der Waals surface area contributed by atoms with Crippen LogP contribution in [0, 0.1) is 0 Å². The molecule has 0 aliphatic carbocycles. The van der Waals surface area contributed by atoms with Crippen molar-refractivity contribution in [2.45, 2.75) is 6.04 Å². The SMILES string of the molecule is CN(C(=O)N1CCSCC1C(=O)O)c1ccc(O)cc1. The summed E-state index contributed by atoms with van der Waals surface area (Å²) in [7, 11) is 1.59. The maximum absolute atomic E-state index is 12.4. The summed E-state index contributed by atoms with van der Waals surface area (Å²) in [5, 5.41) is 18.4. The minimum atomic E-state index is -0.982. The Kier molecular flexibility index (Phi) is 4.39. The second-order valence-corrected chi connectivity index (χ2v) is 5.63. The van der Waals surface area contributed by atoms with E-state index in [1.165, 1.54) is 33.7 Å². The van der Waals surface area contributed by atoms with Gasteiger partial charge < -0.3 is 15.1 Å². The third-order valence-corrected chi connectivity index (χ3v) is 4.21. The maximum Gasteiger partial charge on any atom is 0.327 e. The van der Waals surface area contributed by atoms with Gasteiger partial charge in [-0.15, -0.1) is 0 Å². The summed E-state index contributed by atoms with van der Waals surface area (Å²) in [6.45, 7) is 0.420. The van der Waals surface area contributed by atoms with Gasteiger partial charge in [0.25, 0.3) is 0 Å². The monoisotopic (exact) mass is 296 g/mol. The average Bonchev–Trinajstić information content (AvgIpc) is 2.46. The third-order valence-electron chi connectivity index (χ3n) is 3.18. The first-order chi connectivity index (χ1) is 9.50. The van der Waals surface area contributed by atoms with Crippen LogP contribution in [0.3, 0.4) is 0 Å². The van der Waals surface area contributed by atoms with Crippen molar-refractivity contribution in [3.05, 3.63) is 24.3 Å². The molecule has 0 saturated carbocycles. The van der Waals surface area contributed by atoms with E-state index in [1.54, 1.807) is 19.2 Å². The van der Waals surface area contributed by atoms with Gasteiger partial charge in [-0.3, -0.25) is 4.90 Å². The molecule has 108 valence electrons. The number of nitrogens with zero attached hydrogens (tertiary/aromatic N) is 2. The largest absolute Gasteiger partial charge is 0.508 e. The lowest BCUT2D eigenvalue weighted by molar-refractivity contribution is -0.141. The van der Waals surface area contributed by atoms with Crippen molar-refractivity contribution in [3.63, 3.8) is 0 Å². The number of hydrogen-bond acceptors (Lipinski definition) is 4. The quantitative estimate of drug-likeness (QED) is 0.863. The molecule has 7 heteroatoms. The lowest BCUT2D eigenvalue weighted by Crippen LogP contribution is -2.54. The van der Waals surface area contributed by atoms with E-state index in [-0.39, 0.29) is 11.8 Å². The van der Waals surface area contributed by atoms with Gasteiger partial charge in [-0.2, -0.15) is 11.8 Å². The van der Waals surface area contributed by atoms with Crippen molar-refractivity contribution < 1.29 is 19.8 Å². The minimum absolute atomic E-state index is 0.118. The van der Waals surface area contributed by atoms with E-state index in [4.69, 9.17) is 0 Å². The van der Waals surface area contributed by atoms with E-state index in [2.05, 4.69) is 0 Å². The number of hydrogen-bond donors (Lipinski definition) is 2. The van der Waals surface area contributed by atoms with Crippen molar-refractivity contribution in [2.75, 3.05) is 30.0 Å². The highest BCUT2D eigenvalue weighted by Crippen LogP contribution is 2.22. The second kappa shape index (κ2) is 6.04. The zero-order chi connectivity index (χ0) is 14.7. The van der Waals surface area contributed by atoms with Crippen LogP contribution in [0.5, 0.6) is 5.75 Å². The summed E-state index contributed by atoms with van der Waals surface area (Å²) in [6, 6.07) is 5.06. The molecular weight excluding hydrogens is 280 g/mol. The Balaban J connectivity index is 2.16. The van der Waals surface area contributed by atoms with Gasteiger partial charge in [0.1, 0.15) is 11.8 Å². The fourth-order valence-electron chi connectivity index (χ4n) is 2.02. The van der Waals surface area contributed by atoms with E-state index in [0.29, 0.717) is 18.0 Å². The molecule has 0 bridgehead atoms. The van der Waals surface area contributed by atoms with Gasteiger partial charge in [-0.25, -0.2) is 9.59 Å². The van der Waals surface area contributed by atoms with Crippen LogP contribution < -0.4 is 4.90 Å². The molecule has 1 atom stereocenters. The molecule has 1 aliphatic rings. The Morgan fingerprint density at radius 2 is 2.00 bits per heavy atom. The molecule has 1 unspecified atom stereocenters. The summed E-state index contributed by atoms with van der Waals surface area (Å²) in [4.78, 5) is 26.4. The van der Waals surface area contributed by atoms with Crippen molar-refractivity contribution >= 4 is 29.4 Å². The van der Waals surface area contributed by atoms with E-state index in [9.17, 15) is 19.8 Å². The number of carbonyl (C=O) groups excluding carboxylic acids is 1. The molecule has 20 heavy (non-hydrogen) atoms. The summed E-state index contributed by atoms with van der Waals surface area (Å²) in [6.07, 6.45) is 0. The summed E-state index contributed by atoms with van der Waals surface area (Å²) in [5.74, 6) is 0.278. The molecule has 1 aromatic rings. The lowest BCUT2D eigenvalue weighted by Gasteiger charge is -2.35. The summed E-state index contributed by atoms with van der Waals surface area (Å²) in [5.41, 5.74) is 0.607. The minimum Gasteiger partial charge on any atom is -0.508 e. The van der Waals surface area contributed by atoms with E-state index in [0.717, 1.165) is 5.75 Å². The molecule has 2 rings (SSSR count). The zero-order valence-corrected chi connectivity index (χ0v) is 11.8. The van der Waals surface area contributed by atoms with Crippen LogP contribution in [-0.4, -0.2) is 58.3 Å². The predicted octanol–water partition coefficient (Wildman–Crippen LogP) is 1.45.